The Hall–Kier alpha value is -3.47. The molecule has 0 aliphatic rings. The number of hydrogen-bond donors (Lipinski definition) is 3. The summed E-state index contributed by atoms with van der Waals surface area (Å²) in [6.45, 7) is 4.14. The van der Waals surface area contributed by atoms with Gasteiger partial charge in [0.2, 0.25) is 5.91 Å². The van der Waals surface area contributed by atoms with E-state index < -0.39 is 12.1 Å². The lowest BCUT2D eigenvalue weighted by molar-refractivity contribution is -0.123. The van der Waals surface area contributed by atoms with Gasteiger partial charge in [-0.05, 0) is 109 Å². The van der Waals surface area contributed by atoms with Gasteiger partial charge in [0.15, 0.2) is 0 Å². The lowest BCUT2D eigenvalue weighted by atomic mass is 10.0. The predicted molar refractivity (Wildman–Crippen MR) is 280 cm³/mol. The predicted octanol–water partition coefficient (Wildman–Crippen LogP) is 17.1. The zero-order valence-electron chi connectivity index (χ0n) is 40.8. The minimum atomic E-state index is -0.878. The van der Waals surface area contributed by atoms with Gasteiger partial charge in [-0.1, -0.05) is 231 Å². The van der Waals surface area contributed by atoms with Crippen molar-refractivity contribution in [2.24, 2.45) is 0 Å². The second-order valence-electron chi connectivity index (χ2n) is 16.8. The molecule has 0 saturated heterocycles. The summed E-state index contributed by atoms with van der Waals surface area (Å²) < 4.78 is 0. The summed E-state index contributed by atoms with van der Waals surface area (Å²) in [5, 5.41) is 23.0. The number of aliphatic hydroxyl groups excluding tert-OH is 2. The molecule has 4 nitrogen and oxygen atoms in total. The van der Waals surface area contributed by atoms with Crippen LogP contribution >= 0.6 is 0 Å². The SMILES string of the molecule is CC/C=C\C/C=C\C/C=C\C/C=C\C/C=C\C/C=C\C/C=C\C/C=C\CCCCCCCCCCCCCCC(=O)NC(CO)C(O)/C=C/CC/C=C/CC/C=C/CCCCCC. The number of unbranched alkanes of at least 4 members (excludes halogenated alkanes) is 18. The highest BCUT2D eigenvalue weighted by atomic mass is 16.3. The Balaban J connectivity index is 3.61. The van der Waals surface area contributed by atoms with Crippen LogP contribution in [0.2, 0.25) is 0 Å². The molecular formula is C59H97NO3. The van der Waals surface area contributed by atoms with E-state index in [-0.39, 0.29) is 12.5 Å². The normalized spacial score (nSPS) is 14.0. The van der Waals surface area contributed by atoms with Crippen LogP contribution in [-0.4, -0.2) is 34.9 Å². The van der Waals surface area contributed by atoms with Gasteiger partial charge in [-0.15, -0.1) is 0 Å². The third kappa shape index (κ3) is 49.4. The van der Waals surface area contributed by atoms with Crippen molar-refractivity contribution in [2.75, 3.05) is 6.61 Å². The van der Waals surface area contributed by atoms with Crippen LogP contribution in [0.3, 0.4) is 0 Å². The molecule has 0 aliphatic heterocycles. The first-order valence-corrected chi connectivity index (χ1v) is 25.9. The number of allylic oxidation sites excluding steroid dienone is 21. The van der Waals surface area contributed by atoms with Gasteiger partial charge >= 0.3 is 0 Å². The molecule has 2 unspecified atom stereocenters. The van der Waals surface area contributed by atoms with E-state index in [0.717, 1.165) is 89.9 Å². The highest BCUT2D eigenvalue weighted by Crippen LogP contribution is 2.14. The van der Waals surface area contributed by atoms with E-state index in [2.05, 4.69) is 141 Å². The molecule has 4 heteroatoms. The fraction of sp³-hybridized carbons (Fsp3) is 0.610. The quantitative estimate of drug-likeness (QED) is 0.0422. The van der Waals surface area contributed by atoms with Crippen molar-refractivity contribution in [3.8, 4) is 0 Å². The van der Waals surface area contributed by atoms with Crippen LogP contribution < -0.4 is 5.32 Å². The molecule has 1 amide bonds. The fourth-order valence-electron chi connectivity index (χ4n) is 6.93. The monoisotopic (exact) mass is 868 g/mol. The summed E-state index contributed by atoms with van der Waals surface area (Å²) in [5.41, 5.74) is 0. The molecular weight excluding hydrogens is 771 g/mol. The summed E-state index contributed by atoms with van der Waals surface area (Å²) in [7, 11) is 0. The zero-order valence-corrected chi connectivity index (χ0v) is 40.8. The van der Waals surface area contributed by atoms with Crippen molar-refractivity contribution >= 4 is 5.91 Å². The Morgan fingerprint density at radius 3 is 1.11 bits per heavy atom. The van der Waals surface area contributed by atoms with Gasteiger partial charge in [-0.2, -0.15) is 0 Å². The molecule has 0 fully saturated rings. The number of carbonyl (C=O) groups is 1. The summed E-state index contributed by atoms with van der Waals surface area (Å²) in [5.74, 6) is -0.0870. The molecule has 0 radical (unpaired) electrons. The summed E-state index contributed by atoms with van der Waals surface area (Å²) >= 11 is 0. The second-order valence-corrected chi connectivity index (χ2v) is 16.8. The Bertz CT molecular complexity index is 1310. The molecule has 0 spiro atoms. The maximum Gasteiger partial charge on any atom is 0.220 e. The minimum absolute atomic E-state index is 0.0870. The standard InChI is InChI=1S/C59H97NO3/c1-3-5-7-9-11-13-15-17-19-20-21-22-23-24-25-26-27-28-29-30-31-32-33-34-35-36-37-38-39-40-41-43-45-47-49-51-53-55-59(63)60-57(56-61)58(62)54-52-50-48-46-44-42-18-16-14-12-10-8-6-4-2/h5,7,11,13-14,16-17,19,21-22,24-25,27-28,30-31,33-34,44,46,52,54,57-58,61-62H,3-4,6,8-10,12,15,18,20,23,26,29,32,35-43,45,47-51,53,55-56H2,1-2H3,(H,60,63)/b7-5-,13-11-,16-14+,19-17-,22-21-,25-24-,28-27-,31-30-,34-33-,46-44+,54-52+. The zero-order chi connectivity index (χ0) is 45.6. The van der Waals surface area contributed by atoms with E-state index in [9.17, 15) is 15.0 Å². The molecule has 356 valence electrons. The lowest BCUT2D eigenvalue weighted by Gasteiger charge is -2.19. The maximum atomic E-state index is 12.4. The number of carbonyl (C=O) groups excluding carboxylic acids is 1. The fourth-order valence-corrected chi connectivity index (χ4v) is 6.93. The Kier molecular flexibility index (Phi) is 50.0. The first-order valence-electron chi connectivity index (χ1n) is 25.9. The van der Waals surface area contributed by atoms with Crippen molar-refractivity contribution in [3.63, 3.8) is 0 Å². The van der Waals surface area contributed by atoms with Gasteiger partial charge in [0.1, 0.15) is 0 Å². The lowest BCUT2D eigenvalue weighted by Crippen LogP contribution is -2.45. The molecule has 0 bridgehead atoms. The average molecular weight is 868 g/mol. The Morgan fingerprint density at radius 1 is 0.397 bits per heavy atom. The van der Waals surface area contributed by atoms with Crippen LogP contribution in [0.5, 0.6) is 0 Å². The summed E-state index contributed by atoms with van der Waals surface area (Å²) in [6, 6.07) is -0.654. The van der Waals surface area contributed by atoms with Crippen molar-refractivity contribution in [1.29, 1.82) is 0 Å². The number of hydrogen-bond acceptors (Lipinski definition) is 3. The molecule has 0 saturated carbocycles. The van der Waals surface area contributed by atoms with Crippen LogP contribution in [0.25, 0.3) is 0 Å². The minimum Gasteiger partial charge on any atom is -0.394 e. The van der Waals surface area contributed by atoms with E-state index in [0.29, 0.717) is 6.42 Å². The topological polar surface area (TPSA) is 69.6 Å². The molecule has 2 atom stereocenters. The van der Waals surface area contributed by atoms with Crippen molar-refractivity contribution < 1.29 is 15.0 Å². The van der Waals surface area contributed by atoms with Crippen LogP contribution in [0.4, 0.5) is 0 Å². The first kappa shape index (κ1) is 59.5. The summed E-state index contributed by atoms with van der Waals surface area (Å²) in [4.78, 5) is 12.4. The maximum absolute atomic E-state index is 12.4. The molecule has 3 N–H and O–H groups in total. The van der Waals surface area contributed by atoms with Crippen LogP contribution in [0.1, 0.15) is 213 Å². The van der Waals surface area contributed by atoms with Crippen molar-refractivity contribution in [2.45, 2.75) is 225 Å². The summed E-state index contributed by atoms with van der Waals surface area (Å²) in [6.07, 6.45) is 83.0. The van der Waals surface area contributed by atoms with Gasteiger partial charge in [0.05, 0.1) is 18.8 Å². The first-order chi connectivity index (χ1) is 31.2. The van der Waals surface area contributed by atoms with Gasteiger partial charge in [-0.25, -0.2) is 0 Å². The molecule has 0 aromatic rings. The second kappa shape index (κ2) is 52.9. The molecule has 0 aromatic carbocycles. The number of aliphatic hydroxyl groups is 2. The highest BCUT2D eigenvalue weighted by molar-refractivity contribution is 5.76. The molecule has 63 heavy (non-hydrogen) atoms. The van der Waals surface area contributed by atoms with E-state index >= 15 is 0 Å². The molecule has 0 heterocycles. The number of rotatable bonds is 45. The third-order valence-corrected chi connectivity index (χ3v) is 10.8. The Morgan fingerprint density at radius 2 is 0.714 bits per heavy atom. The molecule has 0 rings (SSSR count). The van der Waals surface area contributed by atoms with Crippen LogP contribution in [-0.2, 0) is 4.79 Å². The smallest absolute Gasteiger partial charge is 0.220 e. The van der Waals surface area contributed by atoms with Crippen LogP contribution in [0.15, 0.2) is 134 Å². The van der Waals surface area contributed by atoms with Gasteiger partial charge in [-0.3, -0.25) is 4.79 Å². The van der Waals surface area contributed by atoms with E-state index in [1.807, 2.05) is 6.08 Å². The molecule has 0 aliphatic carbocycles. The Labute approximate surface area is 390 Å². The molecule has 0 aromatic heterocycles. The van der Waals surface area contributed by atoms with Crippen LogP contribution in [0, 0.1) is 0 Å². The number of nitrogens with one attached hydrogen (secondary N) is 1. The van der Waals surface area contributed by atoms with E-state index in [1.54, 1.807) is 6.08 Å². The number of amides is 1. The van der Waals surface area contributed by atoms with Gasteiger partial charge in [0.25, 0.3) is 0 Å². The third-order valence-electron chi connectivity index (χ3n) is 10.8. The van der Waals surface area contributed by atoms with E-state index in [4.69, 9.17) is 0 Å². The largest absolute Gasteiger partial charge is 0.394 e. The average Bonchev–Trinajstić information content (AvgIpc) is 3.29. The van der Waals surface area contributed by atoms with E-state index in [1.165, 1.54) is 103 Å². The van der Waals surface area contributed by atoms with Gasteiger partial charge < -0.3 is 15.5 Å². The highest BCUT2D eigenvalue weighted by Gasteiger charge is 2.17. The van der Waals surface area contributed by atoms with Crippen molar-refractivity contribution in [3.05, 3.63) is 134 Å². The van der Waals surface area contributed by atoms with Gasteiger partial charge in [0, 0.05) is 6.42 Å². The van der Waals surface area contributed by atoms with Crippen molar-refractivity contribution in [1.82, 2.24) is 5.32 Å².